The monoisotopic (exact) mass is 169 g/mol. The summed E-state index contributed by atoms with van der Waals surface area (Å²) >= 11 is 0. The number of hydrogen-bond acceptors (Lipinski definition) is 2. The molecule has 0 bridgehead atoms. The van der Waals surface area contributed by atoms with Gasteiger partial charge in [0, 0.05) is 19.6 Å². The average molecular weight is 169 g/mol. The molecule has 0 aliphatic carbocycles. The van der Waals surface area contributed by atoms with Crippen LogP contribution in [-0.4, -0.2) is 35.6 Å². The zero-order valence-electron chi connectivity index (χ0n) is 7.58. The molecular weight excluding hydrogens is 154 g/mol. The Hall–Kier alpha value is -0.830. The number of carbonyl (C=O) groups is 1. The van der Waals surface area contributed by atoms with E-state index in [1.165, 1.54) is 0 Å². The van der Waals surface area contributed by atoms with E-state index in [0.717, 1.165) is 6.54 Å². The Bertz CT molecular complexity index is 205. The van der Waals surface area contributed by atoms with Crippen LogP contribution in [0.15, 0.2) is 12.2 Å². The summed E-state index contributed by atoms with van der Waals surface area (Å²) in [5.74, 6) is -0.681. The molecule has 3 nitrogen and oxygen atoms in total. The second-order valence-electron chi connectivity index (χ2n) is 3.60. The molecule has 1 heterocycles. The van der Waals surface area contributed by atoms with Crippen molar-refractivity contribution in [2.45, 2.75) is 13.8 Å². The van der Waals surface area contributed by atoms with Gasteiger partial charge in [0.2, 0.25) is 0 Å². The van der Waals surface area contributed by atoms with Crippen molar-refractivity contribution < 1.29 is 9.90 Å². The molecule has 1 saturated heterocycles. The maximum Gasteiger partial charge on any atom is 0.311 e. The molecule has 0 atom stereocenters. The quantitative estimate of drug-likeness (QED) is 0.640. The van der Waals surface area contributed by atoms with Crippen LogP contribution in [0.25, 0.3) is 0 Å². The summed E-state index contributed by atoms with van der Waals surface area (Å²) < 4.78 is 0. The Kier molecular flexibility index (Phi) is 2.52. The largest absolute Gasteiger partial charge is 0.481 e. The number of aliphatic carboxylic acids is 1. The minimum Gasteiger partial charge on any atom is -0.481 e. The normalized spacial score (nSPS) is 22.5. The van der Waals surface area contributed by atoms with Crippen LogP contribution in [0.1, 0.15) is 13.8 Å². The number of carboxylic acids is 1. The smallest absolute Gasteiger partial charge is 0.311 e. The van der Waals surface area contributed by atoms with Gasteiger partial charge in [-0.3, -0.25) is 9.69 Å². The van der Waals surface area contributed by atoms with Crippen molar-refractivity contribution in [3.63, 3.8) is 0 Å². The Balaban J connectivity index is 2.32. The molecule has 0 aromatic heterocycles. The van der Waals surface area contributed by atoms with Gasteiger partial charge in [-0.05, 0) is 13.8 Å². The second-order valence-corrected chi connectivity index (χ2v) is 3.60. The molecule has 1 aliphatic heterocycles. The predicted octanol–water partition coefficient (Wildman–Crippen LogP) is 0.969. The SMILES string of the molecule is C/C=C/CN1CC(C)(C(=O)O)C1. The van der Waals surface area contributed by atoms with Gasteiger partial charge >= 0.3 is 5.97 Å². The van der Waals surface area contributed by atoms with Crippen molar-refractivity contribution in [3.05, 3.63) is 12.2 Å². The van der Waals surface area contributed by atoms with Crippen LogP contribution in [-0.2, 0) is 4.79 Å². The third-order valence-corrected chi connectivity index (χ3v) is 2.26. The van der Waals surface area contributed by atoms with Gasteiger partial charge in [-0.1, -0.05) is 12.2 Å². The van der Waals surface area contributed by atoms with Crippen LogP contribution in [0.5, 0.6) is 0 Å². The summed E-state index contributed by atoms with van der Waals surface area (Å²) in [5.41, 5.74) is -0.498. The molecule has 1 aliphatic rings. The molecular formula is C9H15NO2. The van der Waals surface area contributed by atoms with E-state index in [1.807, 2.05) is 19.1 Å². The summed E-state index contributed by atoms with van der Waals surface area (Å²) in [5, 5.41) is 8.79. The fourth-order valence-electron chi connectivity index (χ4n) is 1.46. The minimum absolute atomic E-state index is 0.498. The number of nitrogens with zero attached hydrogens (tertiary/aromatic N) is 1. The van der Waals surface area contributed by atoms with E-state index in [0.29, 0.717) is 13.1 Å². The van der Waals surface area contributed by atoms with Gasteiger partial charge in [0.05, 0.1) is 5.41 Å². The van der Waals surface area contributed by atoms with Crippen molar-refractivity contribution in [3.8, 4) is 0 Å². The van der Waals surface area contributed by atoms with Gasteiger partial charge in [0.15, 0.2) is 0 Å². The van der Waals surface area contributed by atoms with E-state index in [1.54, 1.807) is 6.92 Å². The van der Waals surface area contributed by atoms with Crippen molar-refractivity contribution in [1.82, 2.24) is 4.90 Å². The van der Waals surface area contributed by atoms with E-state index in [4.69, 9.17) is 5.11 Å². The first-order valence-electron chi connectivity index (χ1n) is 4.15. The number of hydrogen-bond donors (Lipinski definition) is 1. The van der Waals surface area contributed by atoms with Crippen LogP contribution in [0.4, 0.5) is 0 Å². The van der Waals surface area contributed by atoms with E-state index >= 15 is 0 Å². The maximum atomic E-state index is 10.7. The van der Waals surface area contributed by atoms with Crippen molar-refractivity contribution in [1.29, 1.82) is 0 Å². The van der Waals surface area contributed by atoms with Gasteiger partial charge < -0.3 is 5.11 Å². The molecule has 0 amide bonds. The highest BCUT2D eigenvalue weighted by atomic mass is 16.4. The average Bonchev–Trinajstić information content (AvgIpc) is 1.95. The van der Waals surface area contributed by atoms with E-state index < -0.39 is 11.4 Å². The maximum absolute atomic E-state index is 10.7. The van der Waals surface area contributed by atoms with Gasteiger partial charge in [-0.15, -0.1) is 0 Å². The molecule has 1 fully saturated rings. The topological polar surface area (TPSA) is 40.5 Å². The first-order valence-corrected chi connectivity index (χ1v) is 4.15. The third kappa shape index (κ3) is 1.67. The molecule has 1 N–H and O–H groups in total. The highest BCUT2D eigenvalue weighted by molar-refractivity contribution is 5.76. The van der Waals surface area contributed by atoms with Gasteiger partial charge in [0.25, 0.3) is 0 Å². The molecule has 0 radical (unpaired) electrons. The van der Waals surface area contributed by atoms with Crippen LogP contribution in [0.2, 0.25) is 0 Å². The standard InChI is InChI=1S/C9H15NO2/c1-3-4-5-10-6-9(2,7-10)8(11)12/h3-4H,5-7H2,1-2H3,(H,11,12)/b4-3+. The Morgan fingerprint density at radius 1 is 1.67 bits per heavy atom. The summed E-state index contributed by atoms with van der Waals surface area (Å²) in [6.07, 6.45) is 4.03. The molecule has 0 aromatic rings. The van der Waals surface area contributed by atoms with E-state index in [-0.39, 0.29) is 0 Å². The number of carboxylic acid groups (broad SMARTS) is 1. The Morgan fingerprint density at radius 3 is 2.67 bits per heavy atom. The lowest BCUT2D eigenvalue weighted by molar-refractivity contribution is -0.157. The number of allylic oxidation sites excluding steroid dienone is 1. The highest BCUT2D eigenvalue weighted by Gasteiger charge is 2.44. The highest BCUT2D eigenvalue weighted by Crippen LogP contribution is 2.29. The van der Waals surface area contributed by atoms with Crippen LogP contribution in [0.3, 0.4) is 0 Å². The van der Waals surface area contributed by atoms with Crippen molar-refractivity contribution >= 4 is 5.97 Å². The van der Waals surface area contributed by atoms with E-state index in [9.17, 15) is 4.79 Å². The lowest BCUT2D eigenvalue weighted by Crippen LogP contribution is -2.58. The lowest BCUT2D eigenvalue weighted by atomic mass is 9.82. The molecule has 0 spiro atoms. The van der Waals surface area contributed by atoms with Crippen molar-refractivity contribution in [2.24, 2.45) is 5.41 Å². The zero-order chi connectivity index (χ0) is 9.19. The van der Waals surface area contributed by atoms with Crippen LogP contribution >= 0.6 is 0 Å². The first kappa shape index (κ1) is 9.26. The predicted molar refractivity (Wildman–Crippen MR) is 47.0 cm³/mol. The van der Waals surface area contributed by atoms with Crippen LogP contribution < -0.4 is 0 Å². The lowest BCUT2D eigenvalue weighted by Gasteiger charge is -2.44. The zero-order valence-corrected chi connectivity index (χ0v) is 7.58. The van der Waals surface area contributed by atoms with E-state index in [2.05, 4.69) is 4.90 Å². The second kappa shape index (κ2) is 3.27. The molecule has 0 saturated carbocycles. The van der Waals surface area contributed by atoms with Gasteiger partial charge in [-0.2, -0.15) is 0 Å². The van der Waals surface area contributed by atoms with Gasteiger partial charge in [0.1, 0.15) is 0 Å². The van der Waals surface area contributed by atoms with Crippen molar-refractivity contribution in [2.75, 3.05) is 19.6 Å². The molecule has 12 heavy (non-hydrogen) atoms. The molecule has 3 heteroatoms. The minimum atomic E-state index is -0.681. The summed E-state index contributed by atoms with van der Waals surface area (Å²) in [4.78, 5) is 12.8. The fourth-order valence-corrected chi connectivity index (χ4v) is 1.46. The Morgan fingerprint density at radius 2 is 2.25 bits per heavy atom. The summed E-state index contributed by atoms with van der Waals surface area (Å²) in [7, 11) is 0. The van der Waals surface area contributed by atoms with Crippen LogP contribution in [0, 0.1) is 5.41 Å². The molecule has 0 unspecified atom stereocenters. The first-order chi connectivity index (χ1) is 5.58. The molecule has 68 valence electrons. The number of rotatable bonds is 3. The summed E-state index contributed by atoms with van der Waals surface area (Å²) in [6, 6.07) is 0. The fraction of sp³-hybridized carbons (Fsp3) is 0.667. The number of likely N-dealkylation sites (tertiary alicyclic amines) is 1. The third-order valence-electron chi connectivity index (χ3n) is 2.26. The summed E-state index contributed by atoms with van der Waals surface area (Å²) in [6.45, 7) is 5.98. The van der Waals surface area contributed by atoms with Gasteiger partial charge in [-0.25, -0.2) is 0 Å². The molecule has 1 rings (SSSR count). The molecule has 0 aromatic carbocycles. The Labute approximate surface area is 72.7 Å².